The molecule has 124 valence electrons. The van der Waals surface area contributed by atoms with Gasteiger partial charge in [-0.15, -0.1) is 0 Å². The Hall–Kier alpha value is -1.95. The molecule has 0 fully saturated rings. The van der Waals surface area contributed by atoms with Gasteiger partial charge < -0.3 is 14.0 Å². The molecule has 0 bridgehead atoms. The SMILES string of the molecule is CCOP(=O)(Cn1c(=O)cc(-c2ccccc2)[nH]c1=O)OCC. The van der Waals surface area contributed by atoms with E-state index in [-0.39, 0.29) is 13.2 Å². The van der Waals surface area contributed by atoms with Crippen LogP contribution in [0.5, 0.6) is 0 Å². The molecule has 1 aromatic carbocycles. The van der Waals surface area contributed by atoms with Crippen LogP contribution in [0.4, 0.5) is 0 Å². The van der Waals surface area contributed by atoms with E-state index in [9.17, 15) is 14.2 Å². The molecule has 23 heavy (non-hydrogen) atoms. The normalized spacial score (nSPS) is 11.6. The Kier molecular flexibility index (Phi) is 5.71. The van der Waals surface area contributed by atoms with Crippen molar-refractivity contribution in [3.63, 3.8) is 0 Å². The first-order valence-corrected chi connectivity index (χ1v) is 8.99. The summed E-state index contributed by atoms with van der Waals surface area (Å²) in [7, 11) is -3.54. The molecular formula is C15H19N2O5P. The van der Waals surface area contributed by atoms with Gasteiger partial charge in [-0.3, -0.25) is 9.36 Å². The van der Waals surface area contributed by atoms with Crippen LogP contribution in [0.3, 0.4) is 0 Å². The van der Waals surface area contributed by atoms with E-state index in [1.165, 1.54) is 6.07 Å². The number of hydrogen-bond acceptors (Lipinski definition) is 5. The minimum atomic E-state index is -3.54. The highest BCUT2D eigenvalue weighted by molar-refractivity contribution is 7.52. The summed E-state index contributed by atoms with van der Waals surface area (Å²) >= 11 is 0. The summed E-state index contributed by atoms with van der Waals surface area (Å²) in [5.74, 6) is 0. The number of hydrogen-bond donors (Lipinski definition) is 1. The molecule has 0 aliphatic heterocycles. The van der Waals surface area contributed by atoms with E-state index < -0.39 is 25.1 Å². The summed E-state index contributed by atoms with van der Waals surface area (Å²) in [5.41, 5.74) is -0.102. The fraction of sp³-hybridized carbons (Fsp3) is 0.333. The third kappa shape index (κ3) is 4.28. The predicted octanol–water partition coefficient (Wildman–Crippen LogP) is 2.43. The summed E-state index contributed by atoms with van der Waals surface area (Å²) in [6.45, 7) is 3.65. The molecule has 0 radical (unpaired) electrons. The molecule has 2 aromatic rings. The summed E-state index contributed by atoms with van der Waals surface area (Å²) in [4.78, 5) is 27.0. The van der Waals surface area contributed by atoms with Gasteiger partial charge in [-0.1, -0.05) is 30.3 Å². The Morgan fingerprint density at radius 1 is 1.09 bits per heavy atom. The van der Waals surface area contributed by atoms with Crippen molar-refractivity contribution in [3.8, 4) is 11.3 Å². The maximum absolute atomic E-state index is 12.5. The Bertz CT molecular complexity index is 771. The average Bonchev–Trinajstić information content (AvgIpc) is 2.52. The molecule has 0 amide bonds. The molecule has 8 heteroatoms. The maximum Gasteiger partial charge on any atom is 0.350 e. The minimum Gasteiger partial charge on any atom is -0.308 e. The Morgan fingerprint density at radius 3 is 2.22 bits per heavy atom. The van der Waals surface area contributed by atoms with Gasteiger partial charge in [0.05, 0.1) is 18.9 Å². The summed E-state index contributed by atoms with van der Waals surface area (Å²) in [6.07, 6.45) is -0.419. The molecule has 0 saturated carbocycles. The van der Waals surface area contributed by atoms with Crippen LogP contribution < -0.4 is 11.2 Å². The Labute approximate surface area is 133 Å². The van der Waals surface area contributed by atoms with Gasteiger partial charge in [0, 0.05) is 6.07 Å². The molecule has 0 saturated heterocycles. The molecule has 2 rings (SSSR count). The number of aromatic amines is 1. The van der Waals surface area contributed by atoms with Gasteiger partial charge in [-0.2, -0.15) is 0 Å². The van der Waals surface area contributed by atoms with Gasteiger partial charge >= 0.3 is 13.3 Å². The van der Waals surface area contributed by atoms with Gasteiger partial charge in [0.2, 0.25) is 0 Å². The van der Waals surface area contributed by atoms with Crippen molar-refractivity contribution in [1.29, 1.82) is 0 Å². The first-order chi connectivity index (χ1) is 11.0. The molecular weight excluding hydrogens is 319 g/mol. The lowest BCUT2D eigenvalue weighted by molar-refractivity contribution is 0.213. The average molecular weight is 338 g/mol. The van der Waals surface area contributed by atoms with Gasteiger partial charge in [0.25, 0.3) is 5.56 Å². The molecule has 0 aliphatic rings. The van der Waals surface area contributed by atoms with Crippen molar-refractivity contribution >= 4 is 7.60 Å². The zero-order valence-electron chi connectivity index (χ0n) is 13.0. The lowest BCUT2D eigenvalue weighted by Crippen LogP contribution is -2.35. The number of nitrogens with zero attached hydrogens (tertiary/aromatic N) is 1. The van der Waals surface area contributed by atoms with Crippen LogP contribution in [0.15, 0.2) is 46.0 Å². The van der Waals surface area contributed by atoms with E-state index in [4.69, 9.17) is 9.05 Å². The fourth-order valence-corrected chi connectivity index (χ4v) is 3.75. The van der Waals surface area contributed by atoms with Crippen LogP contribution in [0.25, 0.3) is 11.3 Å². The van der Waals surface area contributed by atoms with E-state index in [1.54, 1.807) is 38.1 Å². The lowest BCUT2D eigenvalue weighted by atomic mass is 10.1. The minimum absolute atomic E-state index is 0.159. The molecule has 0 atom stereocenters. The summed E-state index contributed by atoms with van der Waals surface area (Å²) in [6, 6.07) is 10.3. The van der Waals surface area contributed by atoms with E-state index in [2.05, 4.69) is 4.98 Å². The van der Waals surface area contributed by atoms with E-state index in [0.717, 1.165) is 4.57 Å². The Balaban J connectivity index is 2.40. The van der Waals surface area contributed by atoms with Crippen molar-refractivity contribution in [3.05, 3.63) is 57.2 Å². The third-order valence-corrected chi connectivity index (χ3v) is 5.00. The van der Waals surface area contributed by atoms with Gasteiger partial charge in [-0.25, -0.2) is 9.36 Å². The summed E-state index contributed by atoms with van der Waals surface area (Å²) < 4.78 is 23.6. The molecule has 1 aromatic heterocycles. The highest BCUT2D eigenvalue weighted by Gasteiger charge is 2.26. The van der Waals surface area contributed by atoms with Gasteiger partial charge in [-0.05, 0) is 19.4 Å². The van der Waals surface area contributed by atoms with Crippen molar-refractivity contribution in [2.24, 2.45) is 0 Å². The quantitative estimate of drug-likeness (QED) is 0.783. The van der Waals surface area contributed by atoms with Gasteiger partial charge in [0.1, 0.15) is 6.29 Å². The van der Waals surface area contributed by atoms with Gasteiger partial charge in [0.15, 0.2) is 0 Å². The Morgan fingerprint density at radius 2 is 1.70 bits per heavy atom. The van der Waals surface area contributed by atoms with Crippen molar-refractivity contribution in [2.75, 3.05) is 13.2 Å². The van der Waals surface area contributed by atoms with Crippen molar-refractivity contribution in [1.82, 2.24) is 9.55 Å². The molecule has 7 nitrogen and oxygen atoms in total. The third-order valence-electron chi connectivity index (χ3n) is 3.07. The largest absolute Gasteiger partial charge is 0.350 e. The second-order valence-electron chi connectivity index (χ2n) is 4.71. The van der Waals surface area contributed by atoms with Crippen LogP contribution >= 0.6 is 7.60 Å². The first-order valence-electron chi connectivity index (χ1n) is 7.27. The second kappa shape index (κ2) is 7.55. The van der Waals surface area contributed by atoms with Crippen LogP contribution in [0.2, 0.25) is 0 Å². The van der Waals surface area contributed by atoms with E-state index in [1.807, 2.05) is 6.07 Å². The molecule has 1 heterocycles. The topological polar surface area (TPSA) is 90.4 Å². The van der Waals surface area contributed by atoms with Crippen LogP contribution in [0.1, 0.15) is 13.8 Å². The molecule has 0 unspecified atom stereocenters. The zero-order valence-corrected chi connectivity index (χ0v) is 13.9. The number of aromatic nitrogens is 2. The first kappa shape index (κ1) is 17.4. The smallest absolute Gasteiger partial charge is 0.308 e. The lowest BCUT2D eigenvalue weighted by Gasteiger charge is -2.17. The van der Waals surface area contributed by atoms with Crippen molar-refractivity contribution < 1.29 is 13.6 Å². The molecule has 0 aliphatic carbocycles. The number of rotatable bonds is 7. The molecule has 1 N–H and O–H groups in total. The maximum atomic E-state index is 12.5. The van der Waals surface area contributed by atoms with E-state index in [0.29, 0.717) is 11.3 Å². The highest BCUT2D eigenvalue weighted by atomic mass is 31.2. The number of nitrogens with one attached hydrogen (secondary N) is 1. The number of H-pyrrole nitrogens is 1. The summed E-state index contributed by atoms with van der Waals surface area (Å²) in [5, 5.41) is 0. The van der Waals surface area contributed by atoms with E-state index >= 15 is 0 Å². The van der Waals surface area contributed by atoms with Crippen LogP contribution in [0, 0.1) is 0 Å². The predicted molar refractivity (Wildman–Crippen MR) is 87.6 cm³/mol. The highest BCUT2D eigenvalue weighted by Crippen LogP contribution is 2.48. The number of benzene rings is 1. The monoisotopic (exact) mass is 338 g/mol. The fourth-order valence-electron chi connectivity index (χ4n) is 2.11. The van der Waals surface area contributed by atoms with Crippen molar-refractivity contribution in [2.45, 2.75) is 20.1 Å². The zero-order chi connectivity index (χ0) is 16.9. The molecule has 0 spiro atoms. The second-order valence-corrected chi connectivity index (χ2v) is 6.73. The standard InChI is InChI=1S/C15H19N2O5P/c1-3-21-23(20,22-4-2)11-17-14(18)10-13(16-15(17)19)12-8-6-5-7-9-12/h5-10H,3-4,11H2,1-2H3,(H,16,19). The van der Waals surface area contributed by atoms with Crippen LogP contribution in [-0.2, 0) is 19.9 Å². The van der Waals surface area contributed by atoms with Crippen LogP contribution in [-0.4, -0.2) is 22.8 Å².